The van der Waals surface area contributed by atoms with Crippen molar-refractivity contribution in [2.45, 2.75) is 32.9 Å². The first-order chi connectivity index (χ1) is 10.2. The van der Waals surface area contributed by atoms with Crippen LogP contribution in [0, 0.1) is 6.92 Å². The quantitative estimate of drug-likeness (QED) is 0.716. The van der Waals surface area contributed by atoms with Crippen molar-refractivity contribution in [1.29, 1.82) is 0 Å². The van der Waals surface area contributed by atoms with Crippen LogP contribution in [0.15, 0.2) is 41.8 Å². The van der Waals surface area contributed by atoms with Crippen molar-refractivity contribution in [3.8, 4) is 0 Å². The monoisotopic (exact) mass is 298 g/mol. The van der Waals surface area contributed by atoms with Gasteiger partial charge in [0.05, 0.1) is 0 Å². The summed E-state index contributed by atoms with van der Waals surface area (Å²) >= 11 is 1.83. The van der Waals surface area contributed by atoms with Gasteiger partial charge in [-0.15, -0.1) is 11.3 Å². The van der Waals surface area contributed by atoms with Crippen LogP contribution in [0.1, 0.15) is 35.5 Å². The molecule has 2 aromatic heterocycles. The largest absolute Gasteiger partial charge is 0.346 e. The number of thiophene rings is 1. The molecule has 2 heterocycles. The molecule has 1 aromatic carbocycles. The van der Waals surface area contributed by atoms with Gasteiger partial charge in [0.25, 0.3) is 0 Å². The molecule has 21 heavy (non-hydrogen) atoms. The topological polar surface area (TPSA) is 17.0 Å². The minimum Gasteiger partial charge on any atom is -0.346 e. The number of hydrogen-bond donors (Lipinski definition) is 1. The summed E-state index contributed by atoms with van der Waals surface area (Å²) in [5, 5.41) is 7.24. The van der Waals surface area contributed by atoms with Crippen LogP contribution in [-0.4, -0.2) is 4.57 Å². The molecule has 0 aliphatic heterocycles. The summed E-state index contributed by atoms with van der Waals surface area (Å²) in [7, 11) is 2.17. The molecule has 0 aliphatic rings. The molecule has 3 rings (SSSR count). The van der Waals surface area contributed by atoms with Gasteiger partial charge in [-0.2, -0.15) is 0 Å². The number of fused-ring (bicyclic) bond motifs is 1. The van der Waals surface area contributed by atoms with E-state index in [2.05, 4.69) is 72.6 Å². The van der Waals surface area contributed by atoms with E-state index in [0.29, 0.717) is 6.04 Å². The van der Waals surface area contributed by atoms with E-state index in [-0.39, 0.29) is 0 Å². The van der Waals surface area contributed by atoms with E-state index in [9.17, 15) is 0 Å². The van der Waals surface area contributed by atoms with Gasteiger partial charge in [0.1, 0.15) is 0 Å². The minimum absolute atomic E-state index is 0.447. The molecular formula is C18H22N2S. The van der Waals surface area contributed by atoms with Gasteiger partial charge in [0, 0.05) is 41.1 Å². The standard InChI is InChI=1S/C18H22N2S/c1-4-15(18-10-7-11-21-18)19-12-17-13(2)14-8-5-6-9-16(14)20(17)3/h5-11,15,19H,4,12H2,1-3H3. The Kier molecular flexibility index (Phi) is 4.13. The zero-order valence-electron chi connectivity index (χ0n) is 12.9. The Morgan fingerprint density at radius 3 is 2.67 bits per heavy atom. The van der Waals surface area contributed by atoms with Crippen LogP contribution >= 0.6 is 11.3 Å². The lowest BCUT2D eigenvalue weighted by Gasteiger charge is -2.16. The number of nitrogens with zero attached hydrogens (tertiary/aromatic N) is 1. The Morgan fingerprint density at radius 1 is 1.19 bits per heavy atom. The molecule has 1 atom stereocenters. The third-order valence-electron chi connectivity index (χ3n) is 4.32. The van der Waals surface area contributed by atoms with Crippen LogP contribution in [0.4, 0.5) is 0 Å². The highest BCUT2D eigenvalue weighted by Crippen LogP contribution is 2.26. The Hall–Kier alpha value is -1.58. The van der Waals surface area contributed by atoms with Crippen molar-refractivity contribution in [3.63, 3.8) is 0 Å². The Morgan fingerprint density at radius 2 is 2.00 bits per heavy atom. The number of rotatable bonds is 5. The summed E-state index contributed by atoms with van der Waals surface area (Å²) < 4.78 is 2.32. The third kappa shape index (κ3) is 2.63. The van der Waals surface area contributed by atoms with Gasteiger partial charge in [-0.1, -0.05) is 31.2 Å². The van der Waals surface area contributed by atoms with Crippen LogP contribution in [0.5, 0.6) is 0 Å². The van der Waals surface area contributed by atoms with Crippen molar-refractivity contribution in [2.75, 3.05) is 0 Å². The molecule has 0 spiro atoms. The van der Waals surface area contributed by atoms with Gasteiger partial charge in [-0.05, 0) is 36.4 Å². The maximum atomic E-state index is 3.72. The summed E-state index contributed by atoms with van der Waals surface area (Å²) in [4.78, 5) is 1.42. The van der Waals surface area contributed by atoms with Crippen molar-refractivity contribution in [2.24, 2.45) is 7.05 Å². The molecule has 0 amide bonds. The van der Waals surface area contributed by atoms with Crippen LogP contribution in [0.2, 0.25) is 0 Å². The summed E-state index contributed by atoms with van der Waals surface area (Å²) in [5.74, 6) is 0. The molecule has 3 aromatic rings. The van der Waals surface area contributed by atoms with E-state index < -0.39 is 0 Å². The number of nitrogens with one attached hydrogen (secondary N) is 1. The molecular weight excluding hydrogens is 276 g/mol. The van der Waals surface area contributed by atoms with Crippen molar-refractivity contribution in [1.82, 2.24) is 9.88 Å². The fourth-order valence-corrected chi connectivity index (χ4v) is 3.93. The van der Waals surface area contributed by atoms with Crippen LogP contribution in [0.3, 0.4) is 0 Å². The highest BCUT2D eigenvalue weighted by molar-refractivity contribution is 7.10. The molecule has 0 radical (unpaired) electrons. The summed E-state index contributed by atoms with van der Waals surface area (Å²) in [6.07, 6.45) is 1.11. The second-order valence-corrected chi connectivity index (χ2v) is 6.48. The molecule has 2 nitrogen and oxygen atoms in total. The predicted molar refractivity (Wildman–Crippen MR) is 91.8 cm³/mol. The summed E-state index contributed by atoms with van der Waals surface area (Å²) in [6, 6.07) is 13.4. The average molecular weight is 298 g/mol. The smallest absolute Gasteiger partial charge is 0.0483 e. The Balaban J connectivity index is 1.85. The van der Waals surface area contributed by atoms with Gasteiger partial charge < -0.3 is 9.88 Å². The molecule has 0 bridgehead atoms. The maximum absolute atomic E-state index is 3.72. The molecule has 1 N–H and O–H groups in total. The highest BCUT2D eigenvalue weighted by atomic mass is 32.1. The zero-order chi connectivity index (χ0) is 14.8. The summed E-state index contributed by atoms with van der Waals surface area (Å²) in [5.41, 5.74) is 4.09. The van der Waals surface area contributed by atoms with Crippen LogP contribution < -0.4 is 5.32 Å². The lowest BCUT2D eigenvalue weighted by molar-refractivity contribution is 0.515. The van der Waals surface area contributed by atoms with E-state index in [0.717, 1.165) is 13.0 Å². The third-order valence-corrected chi connectivity index (χ3v) is 5.30. The average Bonchev–Trinajstić information content (AvgIpc) is 3.11. The lowest BCUT2D eigenvalue weighted by atomic mass is 10.1. The zero-order valence-corrected chi connectivity index (χ0v) is 13.7. The van der Waals surface area contributed by atoms with Gasteiger partial charge in [0.2, 0.25) is 0 Å². The second-order valence-electron chi connectivity index (χ2n) is 5.51. The van der Waals surface area contributed by atoms with Crippen molar-refractivity contribution >= 4 is 22.2 Å². The van der Waals surface area contributed by atoms with Crippen LogP contribution in [0.25, 0.3) is 10.9 Å². The van der Waals surface area contributed by atoms with Crippen LogP contribution in [-0.2, 0) is 13.6 Å². The van der Waals surface area contributed by atoms with E-state index in [1.54, 1.807) is 0 Å². The molecule has 0 fully saturated rings. The van der Waals surface area contributed by atoms with Crippen molar-refractivity contribution in [3.05, 3.63) is 57.9 Å². The lowest BCUT2D eigenvalue weighted by Crippen LogP contribution is -2.21. The van der Waals surface area contributed by atoms with Gasteiger partial charge >= 0.3 is 0 Å². The SMILES string of the molecule is CCC(NCc1c(C)c2ccccc2n1C)c1cccs1. The normalized spacial score (nSPS) is 12.9. The fourth-order valence-electron chi connectivity index (χ4n) is 3.04. The first kappa shape index (κ1) is 14.4. The molecule has 1 unspecified atom stereocenters. The van der Waals surface area contributed by atoms with Gasteiger partial charge in [0.15, 0.2) is 0 Å². The minimum atomic E-state index is 0.447. The molecule has 0 saturated carbocycles. The fraction of sp³-hybridized carbons (Fsp3) is 0.333. The number of aromatic nitrogens is 1. The maximum Gasteiger partial charge on any atom is 0.0483 e. The molecule has 110 valence electrons. The predicted octanol–water partition coefficient (Wildman–Crippen LogP) is 4.79. The molecule has 0 aliphatic carbocycles. The van der Waals surface area contributed by atoms with E-state index in [1.807, 2.05) is 11.3 Å². The van der Waals surface area contributed by atoms with Crippen molar-refractivity contribution < 1.29 is 0 Å². The molecule has 3 heteroatoms. The number of aryl methyl sites for hydroxylation is 2. The second kappa shape index (κ2) is 6.04. The van der Waals surface area contributed by atoms with Gasteiger partial charge in [-0.25, -0.2) is 0 Å². The molecule has 0 saturated heterocycles. The van der Waals surface area contributed by atoms with E-state index in [1.165, 1.54) is 27.0 Å². The highest BCUT2D eigenvalue weighted by Gasteiger charge is 2.14. The Labute approximate surface area is 130 Å². The van der Waals surface area contributed by atoms with Gasteiger partial charge in [-0.3, -0.25) is 0 Å². The van der Waals surface area contributed by atoms with E-state index in [4.69, 9.17) is 0 Å². The first-order valence-corrected chi connectivity index (χ1v) is 8.40. The first-order valence-electron chi connectivity index (χ1n) is 7.52. The number of hydrogen-bond acceptors (Lipinski definition) is 2. The number of para-hydroxylation sites is 1. The number of benzene rings is 1. The Bertz CT molecular complexity index is 686. The van der Waals surface area contributed by atoms with E-state index >= 15 is 0 Å². The summed E-state index contributed by atoms with van der Waals surface area (Å²) in [6.45, 7) is 5.38.